The van der Waals surface area contributed by atoms with Gasteiger partial charge < -0.3 is 19.7 Å². The van der Waals surface area contributed by atoms with Crippen molar-refractivity contribution in [1.29, 1.82) is 0 Å². The Morgan fingerprint density at radius 3 is 2.74 bits per heavy atom. The molecule has 0 saturated carbocycles. The fraction of sp³-hybridized carbons (Fsp3) is 0.458. The molecule has 0 bridgehead atoms. The van der Waals surface area contributed by atoms with Gasteiger partial charge in [-0.25, -0.2) is 18.4 Å². The molecule has 1 saturated heterocycles. The molecule has 0 amide bonds. The van der Waals surface area contributed by atoms with Crippen molar-refractivity contribution in [2.24, 2.45) is 7.05 Å². The number of pyridine rings is 1. The highest BCUT2D eigenvalue weighted by molar-refractivity contribution is 7.91. The van der Waals surface area contributed by atoms with Gasteiger partial charge in [-0.1, -0.05) is 12.1 Å². The molecule has 188 valence electrons. The highest BCUT2D eigenvalue weighted by Gasteiger charge is 2.19. The number of sulfone groups is 1. The van der Waals surface area contributed by atoms with Gasteiger partial charge in [0, 0.05) is 52.0 Å². The highest BCUT2D eigenvalue weighted by atomic mass is 32.2. The summed E-state index contributed by atoms with van der Waals surface area (Å²) in [5, 5.41) is 12.6. The van der Waals surface area contributed by atoms with Crippen molar-refractivity contribution in [2.45, 2.75) is 17.7 Å². The first kappa shape index (κ1) is 25.2. The Morgan fingerprint density at radius 1 is 1.17 bits per heavy atom. The lowest BCUT2D eigenvalue weighted by molar-refractivity contribution is 0.142. The number of aliphatic hydroxyl groups is 1. The molecule has 1 fully saturated rings. The number of ether oxygens (including phenoxy) is 1. The summed E-state index contributed by atoms with van der Waals surface area (Å²) in [4.78, 5) is 24.1. The largest absolute Gasteiger partial charge is 0.396 e. The zero-order valence-electron chi connectivity index (χ0n) is 19.8. The monoisotopic (exact) mass is 501 g/mol. The van der Waals surface area contributed by atoms with Crippen LogP contribution >= 0.6 is 0 Å². The zero-order valence-corrected chi connectivity index (χ0v) is 20.6. The fourth-order valence-electron chi connectivity index (χ4n) is 4.01. The fourth-order valence-corrected chi connectivity index (χ4v) is 5.29. The highest BCUT2D eigenvalue weighted by Crippen LogP contribution is 2.26. The van der Waals surface area contributed by atoms with Crippen LogP contribution in [0.4, 0.5) is 5.82 Å². The number of aliphatic hydroxyl groups excluding tert-OH is 1. The predicted molar refractivity (Wildman–Crippen MR) is 134 cm³/mol. The van der Waals surface area contributed by atoms with Crippen LogP contribution in [0, 0.1) is 0 Å². The molecular weight excluding hydrogens is 470 g/mol. The third kappa shape index (κ3) is 6.04. The van der Waals surface area contributed by atoms with Crippen molar-refractivity contribution in [1.82, 2.24) is 19.4 Å². The molecular formula is C24H31N5O5S. The molecule has 10 nitrogen and oxygen atoms in total. The van der Waals surface area contributed by atoms with Crippen molar-refractivity contribution in [3.05, 3.63) is 47.0 Å². The molecule has 0 spiro atoms. The van der Waals surface area contributed by atoms with E-state index < -0.39 is 9.84 Å². The van der Waals surface area contributed by atoms with Crippen molar-refractivity contribution >= 4 is 26.6 Å². The Bertz CT molecular complexity index is 1320. The topological polar surface area (TPSA) is 127 Å². The predicted octanol–water partition coefficient (Wildman–Crippen LogP) is 1.29. The number of nitrogens with one attached hydrogen (secondary N) is 1. The van der Waals surface area contributed by atoms with E-state index in [1.165, 1.54) is 10.9 Å². The number of fused-ring (bicyclic) bond motifs is 1. The summed E-state index contributed by atoms with van der Waals surface area (Å²) in [6.45, 7) is 3.87. The second-order valence-electron chi connectivity index (χ2n) is 8.57. The summed E-state index contributed by atoms with van der Waals surface area (Å²) < 4.78 is 32.6. The quantitative estimate of drug-likeness (QED) is 0.417. The van der Waals surface area contributed by atoms with Crippen LogP contribution in [0.3, 0.4) is 0 Å². The molecule has 35 heavy (non-hydrogen) atoms. The van der Waals surface area contributed by atoms with E-state index in [2.05, 4.69) is 20.2 Å². The van der Waals surface area contributed by atoms with Gasteiger partial charge in [0.2, 0.25) is 0 Å². The van der Waals surface area contributed by atoms with E-state index in [0.717, 1.165) is 26.1 Å². The summed E-state index contributed by atoms with van der Waals surface area (Å²) in [7, 11) is -1.81. The SMILES string of the molecule is Cn1cnc2cc(-c3ccc(S(=O)(=O)CCN4CCCOCC4)cc3)nc(NCCCO)c2c1=O. The van der Waals surface area contributed by atoms with Gasteiger partial charge in [0.1, 0.15) is 11.2 Å². The number of hydrogen-bond acceptors (Lipinski definition) is 9. The number of benzene rings is 1. The Morgan fingerprint density at radius 2 is 1.97 bits per heavy atom. The summed E-state index contributed by atoms with van der Waals surface area (Å²) in [6.07, 6.45) is 2.87. The lowest BCUT2D eigenvalue weighted by Gasteiger charge is -2.18. The Kier molecular flexibility index (Phi) is 8.11. The van der Waals surface area contributed by atoms with Gasteiger partial charge in [0.25, 0.3) is 5.56 Å². The lowest BCUT2D eigenvalue weighted by atomic mass is 10.1. The number of rotatable bonds is 9. The molecule has 1 aliphatic heterocycles. The molecule has 11 heteroatoms. The zero-order chi connectivity index (χ0) is 24.8. The van der Waals surface area contributed by atoms with Crippen LogP contribution in [0.25, 0.3) is 22.2 Å². The maximum Gasteiger partial charge on any atom is 0.264 e. The first-order valence-electron chi connectivity index (χ1n) is 11.7. The van der Waals surface area contributed by atoms with Crippen LogP contribution in [0.1, 0.15) is 12.8 Å². The minimum Gasteiger partial charge on any atom is -0.396 e. The molecule has 4 rings (SSSR count). The number of aromatic nitrogens is 3. The van der Waals surface area contributed by atoms with Crippen LogP contribution in [0.2, 0.25) is 0 Å². The number of aryl methyl sites for hydroxylation is 1. The van der Waals surface area contributed by atoms with E-state index in [1.54, 1.807) is 37.4 Å². The average molecular weight is 502 g/mol. The third-order valence-electron chi connectivity index (χ3n) is 6.03. The van der Waals surface area contributed by atoms with Crippen molar-refractivity contribution in [2.75, 3.05) is 57.1 Å². The Labute approximate surface area is 204 Å². The van der Waals surface area contributed by atoms with Gasteiger partial charge >= 0.3 is 0 Å². The third-order valence-corrected chi connectivity index (χ3v) is 7.74. The van der Waals surface area contributed by atoms with E-state index in [4.69, 9.17) is 9.84 Å². The van der Waals surface area contributed by atoms with Gasteiger partial charge in [-0.2, -0.15) is 0 Å². The maximum absolute atomic E-state index is 12.9. The van der Waals surface area contributed by atoms with Crippen LogP contribution < -0.4 is 10.9 Å². The van der Waals surface area contributed by atoms with Crippen LogP contribution in [0.15, 0.2) is 46.3 Å². The average Bonchev–Trinajstić information content (AvgIpc) is 3.14. The maximum atomic E-state index is 12.9. The smallest absolute Gasteiger partial charge is 0.264 e. The molecule has 2 N–H and O–H groups in total. The van der Waals surface area contributed by atoms with Crippen molar-refractivity contribution in [3.63, 3.8) is 0 Å². The van der Waals surface area contributed by atoms with E-state index in [-0.39, 0.29) is 22.8 Å². The first-order chi connectivity index (χ1) is 16.9. The first-order valence-corrected chi connectivity index (χ1v) is 13.4. The summed E-state index contributed by atoms with van der Waals surface area (Å²) >= 11 is 0. The van der Waals surface area contributed by atoms with Crippen molar-refractivity contribution < 1.29 is 18.3 Å². The van der Waals surface area contributed by atoms with E-state index >= 15 is 0 Å². The molecule has 1 aliphatic rings. The minimum absolute atomic E-state index is 0.0162. The van der Waals surface area contributed by atoms with E-state index in [0.29, 0.717) is 54.1 Å². The van der Waals surface area contributed by atoms with Gasteiger partial charge in [-0.3, -0.25) is 9.69 Å². The summed E-state index contributed by atoms with van der Waals surface area (Å²) in [6, 6.07) is 8.36. The van der Waals surface area contributed by atoms with Crippen LogP contribution in [0.5, 0.6) is 0 Å². The lowest BCUT2D eigenvalue weighted by Crippen LogP contribution is -2.31. The number of hydrogen-bond donors (Lipinski definition) is 2. The summed E-state index contributed by atoms with van der Waals surface area (Å²) in [5.74, 6) is 0.435. The molecule has 0 radical (unpaired) electrons. The summed E-state index contributed by atoms with van der Waals surface area (Å²) in [5.41, 5.74) is 1.54. The van der Waals surface area contributed by atoms with Gasteiger partial charge in [-0.15, -0.1) is 0 Å². The second kappa shape index (κ2) is 11.3. The van der Waals surface area contributed by atoms with Crippen LogP contribution in [-0.4, -0.2) is 84.7 Å². The van der Waals surface area contributed by atoms with Gasteiger partial charge in [-0.05, 0) is 31.0 Å². The molecule has 3 heterocycles. The minimum atomic E-state index is -3.43. The molecule has 2 aromatic heterocycles. The molecule has 0 atom stereocenters. The molecule has 0 unspecified atom stereocenters. The number of nitrogens with zero attached hydrogens (tertiary/aromatic N) is 4. The normalized spacial score (nSPS) is 15.3. The van der Waals surface area contributed by atoms with Crippen LogP contribution in [-0.2, 0) is 21.6 Å². The van der Waals surface area contributed by atoms with Crippen molar-refractivity contribution in [3.8, 4) is 11.3 Å². The second-order valence-corrected chi connectivity index (χ2v) is 10.7. The van der Waals surface area contributed by atoms with E-state index in [9.17, 15) is 13.2 Å². The molecule has 0 aliphatic carbocycles. The van der Waals surface area contributed by atoms with Gasteiger partial charge in [0.05, 0.1) is 34.8 Å². The number of anilines is 1. The molecule has 1 aromatic carbocycles. The van der Waals surface area contributed by atoms with E-state index in [1.807, 2.05) is 0 Å². The van der Waals surface area contributed by atoms with Gasteiger partial charge in [0.15, 0.2) is 9.84 Å². The standard InChI is InChI=1S/C24H31N5O5S/c1-28-17-26-21-16-20(27-23(22(21)24(28)31)25-8-2-12-30)18-4-6-19(7-5-18)35(32,33)15-11-29-9-3-13-34-14-10-29/h4-7,16-17,30H,2-3,8-15H2,1H3,(H,25,27). The molecule has 3 aromatic rings. The Hall–Kier alpha value is -2.86. The Balaban J connectivity index is 1.58.